The predicted molar refractivity (Wildman–Crippen MR) is 190 cm³/mol. The maximum absolute atomic E-state index is 12.6. The topological polar surface area (TPSA) is 183 Å². The van der Waals surface area contributed by atoms with Crippen LogP contribution >= 0.6 is 7.82 Å². The number of allylic oxidation sites excluding steroid dienone is 3. The van der Waals surface area contributed by atoms with E-state index in [9.17, 15) is 39.3 Å². The molecule has 1 saturated carbocycles. The number of amides is 1. The highest BCUT2D eigenvalue weighted by Crippen LogP contribution is 2.42. The Balaban J connectivity index is 2.10. The van der Waals surface area contributed by atoms with Gasteiger partial charge in [0.25, 0.3) is 0 Å². The molecular weight excluding hydrogens is 649 g/mol. The van der Waals surface area contributed by atoms with E-state index in [1.807, 2.05) is 13.0 Å². The number of nitrogens with one attached hydrogen (secondary N) is 1. The molecule has 0 saturated heterocycles. The summed E-state index contributed by atoms with van der Waals surface area (Å²) in [5.41, 5.74) is -2.07. The van der Waals surface area contributed by atoms with Crippen LogP contribution in [0.4, 0.5) is 0 Å². The SMILES string of the molecule is CCCCCCCCCCCC(=O)NCC[C@@](O)(/C=C/[C@@H]1OC(=O)C=C[C@@H]1CC)[C@@H](C[C@@H](O)/C=C\C=C/[C@@H]1CCC[C@H](O)C1)OP(=O)(O)O. The quantitative estimate of drug-likeness (QED) is 0.0225. The van der Waals surface area contributed by atoms with E-state index >= 15 is 0 Å². The smallest absolute Gasteiger partial charge is 0.454 e. The zero-order valence-corrected chi connectivity index (χ0v) is 30.4. The standard InChI is InChI=1S/C37H62NO10P/c1-3-5-6-7-8-9-10-11-12-20-35(41)38-26-25-37(43,24-23-33-30(4-2)21-22-36(42)47-33)34(48-49(44,45)46)28-32(40)18-14-13-16-29-17-15-19-31(39)27-29/h13-14,16,18,21-24,29-34,39-40,43H,3-12,15,17,19-20,25-28H2,1-2H3,(H,38,41)(H2,44,45,46)/b16-13-,18-14-,24-23+/t29-,30+,31+,32+,33+,34-,37+/m1/s1. The number of hydrogen-bond acceptors (Lipinski definition) is 8. The maximum atomic E-state index is 12.6. The molecule has 280 valence electrons. The van der Waals surface area contributed by atoms with Crippen molar-refractivity contribution in [2.45, 2.75) is 153 Å². The molecule has 0 unspecified atom stereocenters. The molecular formula is C37H62NO10P. The van der Waals surface area contributed by atoms with Gasteiger partial charge in [0.15, 0.2) is 0 Å². The van der Waals surface area contributed by atoms with Crippen LogP contribution in [0.25, 0.3) is 0 Å². The summed E-state index contributed by atoms with van der Waals surface area (Å²) in [5, 5.41) is 35.5. The fraction of sp³-hybridized carbons (Fsp3) is 0.730. The minimum atomic E-state index is -5.15. The largest absolute Gasteiger partial charge is 0.469 e. The summed E-state index contributed by atoms with van der Waals surface area (Å²) in [7, 11) is -5.15. The second kappa shape index (κ2) is 23.4. The summed E-state index contributed by atoms with van der Waals surface area (Å²) in [6.07, 6.45) is 22.5. The first kappa shape index (κ1) is 43.1. The molecule has 1 amide bonds. The van der Waals surface area contributed by atoms with Crippen LogP contribution in [0, 0.1) is 11.8 Å². The van der Waals surface area contributed by atoms with Crippen molar-refractivity contribution in [3.8, 4) is 0 Å². The van der Waals surface area contributed by atoms with Crippen LogP contribution in [0.1, 0.15) is 123 Å². The molecule has 0 radical (unpaired) electrons. The molecule has 2 rings (SSSR count). The van der Waals surface area contributed by atoms with Gasteiger partial charge in [-0.3, -0.25) is 9.32 Å². The lowest BCUT2D eigenvalue weighted by Gasteiger charge is -2.35. The van der Waals surface area contributed by atoms with Crippen LogP contribution in [-0.2, 0) is 23.4 Å². The van der Waals surface area contributed by atoms with Crippen molar-refractivity contribution < 1.29 is 48.5 Å². The first-order chi connectivity index (χ1) is 23.3. The summed E-state index contributed by atoms with van der Waals surface area (Å²) >= 11 is 0. The molecule has 1 aliphatic carbocycles. The number of cyclic esters (lactones) is 1. The van der Waals surface area contributed by atoms with E-state index in [-0.39, 0.29) is 43.2 Å². The number of aliphatic hydroxyl groups excluding tert-OH is 2. The van der Waals surface area contributed by atoms with E-state index in [1.54, 1.807) is 18.2 Å². The van der Waals surface area contributed by atoms with Crippen LogP contribution in [0.3, 0.4) is 0 Å². The number of hydrogen-bond donors (Lipinski definition) is 6. The van der Waals surface area contributed by atoms with Crippen molar-refractivity contribution in [1.29, 1.82) is 0 Å². The molecule has 1 heterocycles. The first-order valence-electron chi connectivity index (χ1n) is 18.4. The Bertz CT molecular complexity index is 1130. The Hall–Kier alpha value is -2.11. The van der Waals surface area contributed by atoms with Crippen LogP contribution in [0.2, 0.25) is 0 Å². The zero-order chi connectivity index (χ0) is 36.1. The molecule has 6 N–H and O–H groups in total. The van der Waals surface area contributed by atoms with Gasteiger partial charge in [-0.15, -0.1) is 0 Å². The number of carbonyl (C=O) groups excluding carboxylic acids is 2. The fourth-order valence-electron chi connectivity index (χ4n) is 6.41. The van der Waals surface area contributed by atoms with E-state index in [1.165, 1.54) is 56.4 Å². The van der Waals surface area contributed by atoms with Crippen molar-refractivity contribution in [3.63, 3.8) is 0 Å². The third-order valence-electron chi connectivity index (χ3n) is 9.35. The molecule has 0 aromatic rings. The maximum Gasteiger partial charge on any atom is 0.469 e. The van der Waals surface area contributed by atoms with Gasteiger partial charge in [0.05, 0.1) is 12.2 Å². The summed E-state index contributed by atoms with van der Waals surface area (Å²) in [6, 6.07) is 0. The molecule has 0 aromatic heterocycles. The number of unbranched alkanes of at least 4 members (excludes halogenated alkanes) is 8. The van der Waals surface area contributed by atoms with Crippen LogP contribution in [-0.4, -0.2) is 73.5 Å². The second-order valence-corrected chi connectivity index (χ2v) is 14.8. The lowest BCUT2D eigenvalue weighted by molar-refractivity contribution is -0.143. The highest BCUT2D eigenvalue weighted by atomic mass is 31.2. The van der Waals surface area contributed by atoms with Gasteiger partial charge in [0.1, 0.15) is 17.8 Å². The van der Waals surface area contributed by atoms with Crippen molar-refractivity contribution in [3.05, 3.63) is 48.6 Å². The van der Waals surface area contributed by atoms with Gasteiger partial charge in [-0.2, -0.15) is 0 Å². The molecule has 1 aliphatic heterocycles. The molecule has 1 fully saturated rings. The minimum Gasteiger partial charge on any atom is -0.454 e. The summed E-state index contributed by atoms with van der Waals surface area (Å²) < 4.78 is 22.6. The highest BCUT2D eigenvalue weighted by molar-refractivity contribution is 7.46. The zero-order valence-electron chi connectivity index (χ0n) is 29.5. The average molecular weight is 712 g/mol. The van der Waals surface area contributed by atoms with E-state index in [0.29, 0.717) is 19.3 Å². The monoisotopic (exact) mass is 711 g/mol. The van der Waals surface area contributed by atoms with Crippen molar-refractivity contribution in [1.82, 2.24) is 5.32 Å². The first-order valence-corrected chi connectivity index (χ1v) is 19.9. The average Bonchev–Trinajstić information content (AvgIpc) is 3.04. The minimum absolute atomic E-state index is 0.0262. The van der Waals surface area contributed by atoms with Gasteiger partial charge < -0.3 is 35.2 Å². The molecule has 49 heavy (non-hydrogen) atoms. The van der Waals surface area contributed by atoms with Crippen LogP contribution < -0.4 is 5.32 Å². The van der Waals surface area contributed by atoms with Gasteiger partial charge in [0, 0.05) is 31.4 Å². The molecule has 2 aliphatic rings. The Morgan fingerprint density at radius 1 is 1.08 bits per heavy atom. The lowest BCUT2D eigenvalue weighted by Crippen LogP contribution is -2.46. The number of ether oxygens (including phenoxy) is 1. The number of esters is 1. The molecule has 0 spiro atoms. The summed E-state index contributed by atoms with van der Waals surface area (Å²) in [5.74, 6) is -0.705. The van der Waals surface area contributed by atoms with Crippen LogP contribution in [0.5, 0.6) is 0 Å². The van der Waals surface area contributed by atoms with Gasteiger partial charge in [-0.25, -0.2) is 9.36 Å². The van der Waals surface area contributed by atoms with Gasteiger partial charge in [-0.1, -0.05) is 108 Å². The second-order valence-electron chi connectivity index (χ2n) is 13.6. The number of phosphoric ester groups is 1. The summed E-state index contributed by atoms with van der Waals surface area (Å²) in [4.78, 5) is 44.1. The Morgan fingerprint density at radius 3 is 2.43 bits per heavy atom. The third kappa shape index (κ3) is 18.6. The van der Waals surface area contributed by atoms with Crippen LogP contribution in [0.15, 0.2) is 48.6 Å². The Morgan fingerprint density at radius 2 is 1.78 bits per heavy atom. The summed E-state index contributed by atoms with van der Waals surface area (Å²) in [6.45, 7) is 4.08. The predicted octanol–water partition coefficient (Wildman–Crippen LogP) is 6.10. The fourth-order valence-corrected chi connectivity index (χ4v) is 7.01. The van der Waals surface area contributed by atoms with E-state index in [4.69, 9.17) is 9.26 Å². The number of aliphatic hydroxyl groups is 3. The molecule has 0 aromatic carbocycles. The molecule has 12 heteroatoms. The van der Waals surface area contributed by atoms with Crippen molar-refractivity contribution in [2.75, 3.05) is 6.54 Å². The normalized spacial score (nSPS) is 24.3. The van der Waals surface area contributed by atoms with Gasteiger partial charge in [-0.05, 0) is 50.5 Å². The molecule has 0 bridgehead atoms. The highest BCUT2D eigenvalue weighted by Gasteiger charge is 2.41. The molecule has 11 nitrogen and oxygen atoms in total. The Kier molecular flexibility index (Phi) is 20.5. The number of rotatable bonds is 24. The van der Waals surface area contributed by atoms with E-state index < -0.39 is 37.7 Å². The van der Waals surface area contributed by atoms with Gasteiger partial charge >= 0.3 is 13.8 Å². The van der Waals surface area contributed by atoms with E-state index in [0.717, 1.165) is 44.9 Å². The molecule has 7 atom stereocenters. The van der Waals surface area contributed by atoms with E-state index in [2.05, 4.69) is 12.2 Å². The number of carbonyl (C=O) groups is 2. The van der Waals surface area contributed by atoms with Crippen molar-refractivity contribution >= 4 is 19.7 Å². The Labute approximate surface area is 293 Å². The van der Waals surface area contributed by atoms with Crippen molar-refractivity contribution in [2.24, 2.45) is 11.8 Å². The van der Waals surface area contributed by atoms with Gasteiger partial charge in [0.2, 0.25) is 5.91 Å². The third-order valence-corrected chi connectivity index (χ3v) is 9.88. The number of phosphoric acid groups is 1. The lowest BCUT2D eigenvalue weighted by atomic mass is 9.86.